The van der Waals surface area contributed by atoms with Gasteiger partial charge in [-0.1, -0.05) is 24.4 Å². The van der Waals surface area contributed by atoms with Crippen LogP contribution in [-0.4, -0.2) is 43.2 Å². The minimum atomic E-state index is -4.07. The lowest BCUT2D eigenvalue weighted by atomic mass is 9.85. The number of sulfonamides is 1. The lowest BCUT2D eigenvalue weighted by molar-refractivity contribution is -0.121. The first-order chi connectivity index (χ1) is 12.8. The monoisotopic (exact) mass is 413 g/mol. The molecule has 3 atom stereocenters. The Balaban J connectivity index is 1.78. The second-order valence-electron chi connectivity index (χ2n) is 7.22. The molecule has 2 fully saturated rings. The topological polar surface area (TPSA) is 119 Å². The van der Waals surface area contributed by atoms with Gasteiger partial charge in [-0.25, -0.2) is 8.42 Å². The number of nitrogens with zero attached hydrogens (tertiary/aromatic N) is 1. The first kappa shape index (κ1) is 18.5. The van der Waals surface area contributed by atoms with Crippen LogP contribution >= 0.6 is 11.6 Å². The molecule has 0 radical (unpaired) electrons. The normalized spacial score (nSPS) is 28.0. The van der Waals surface area contributed by atoms with Crippen LogP contribution in [0.5, 0.6) is 5.75 Å². The maximum absolute atomic E-state index is 13.5. The summed E-state index contributed by atoms with van der Waals surface area (Å²) in [6, 6.07) is 1.53. The standard InChI is InChI=1S/C17H20ClN3O5S/c18-10-6-11-14(26-8-16(22)20-11)7-15(10)27(24,25)21-12-4-2-1-3-9(12)5-13(21)17(19)23/h6-7,9,12-13H,1-5,8H2,(H2,19,23)(H,20,22). The smallest absolute Gasteiger partial charge is 0.262 e. The number of halogens is 1. The predicted molar refractivity (Wildman–Crippen MR) is 97.9 cm³/mol. The number of ether oxygens (including phenoxy) is 1. The third-order valence-corrected chi connectivity index (χ3v) is 7.98. The van der Waals surface area contributed by atoms with Crippen molar-refractivity contribution in [2.24, 2.45) is 11.7 Å². The van der Waals surface area contributed by atoms with Crippen molar-refractivity contribution >= 4 is 39.1 Å². The Morgan fingerprint density at radius 3 is 2.78 bits per heavy atom. The number of nitrogens with one attached hydrogen (secondary N) is 1. The van der Waals surface area contributed by atoms with Crippen LogP contribution in [0.1, 0.15) is 32.1 Å². The van der Waals surface area contributed by atoms with Crippen LogP contribution in [-0.2, 0) is 19.6 Å². The number of anilines is 1. The summed E-state index contributed by atoms with van der Waals surface area (Å²) in [7, 11) is -4.07. The van der Waals surface area contributed by atoms with E-state index >= 15 is 0 Å². The van der Waals surface area contributed by atoms with E-state index in [0.717, 1.165) is 19.3 Å². The molecule has 3 N–H and O–H groups in total. The molecular formula is C17H20ClN3O5S. The number of rotatable bonds is 3. The van der Waals surface area contributed by atoms with Crippen LogP contribution < -0.4 is 15.8 Å². The molecule has 3 unspecified atom stereocenters. The van der Waals surface area contributed by atoms with Crippen LogP contribution in [0.3, 0.4) is 0 Å². The van der Waals surface area contributed by atoms with Crippen molar-refractivity contribution in [3.63, 3.8) is 0 Å². The van der Waals surface area contributed by atoms with Gasteiger partial charge in [-0.05, 0) is 31.2 Å². The minimum Gasteiger partial charge on any atom is -0.482 e. The summed E-state index contributed by atoms with van der Waals surface area (Å²) < 4.78 is 33.5. The van der Waals surface area contributed by atoms with E-state index in [1.54, 1.807) is 0 Å². The SMILES string of the molecule is NC(=O)C1CC2CCCCC2N1S(=O)(=O)c1cc2c(cc1Cl)NC(=O)CO2. The molecule has 1 aromatic rings. The van der Waals surface area contributed by atoms with Crippen LogP contribution in [0, 0.1) is 5.92 Å². The first-order valence-electron chi connectivity index (χ1n) is 8.88. The number of carbonyl (C=O) groups excluding carboxylic acids is 2. The molecule has 1 saturated heterocycles. The lowest BCUT2D eigenvalue weighted by Crippen LogP contribution is -2.48. The van der Waals surface area contributed by atoms with Crippen molar-refractivity contribution in [3.8, 4) is 5.75 Å². The molecule has 1 aliphatic carbocycles. The number of carbonyl (C=O) groups is 2. The molecule has 2 heterocycles. The Labute approximate surface area is 162 Å². The van der Waals surface area contributed by atoms with Crippen molar-refractivity contribution in [2.75, 3.05) is 11.9 Å². The summed E-state index contributed by atoms with van der Waals surface area (Å²) in [6.45, 7) is -0.202. The summed E-state index contributed by atoms with van der Waals surface area (Å²) >= 11 is 6.25. The van der Waals surface area contributed by atoms with Gasteiger partial charge in [0, 0.05) is 12.1 Å². The van der Waals surface area contributed by atoms with E-state index in [0.29, 0.717) is 18.5 Å². The molecule has 146 valence electrons. The molecule has 8 nitrogen and oxygen atoms in total. The molecule has 3 aliphatic rings. The zero-order chi connectivity index (χ0) is 19.3. The van der Waals surface area contributed by atoms with E-state index < -0.39 is 22.0 Å². The maximum atomic E-state index is 13.5. The molecule has 2 amide bonds. The van der Waals surface area contributed by atoms with Crippen LogP contribution in [0.25, 0.3) is 0 Å². The highest BCUT2D eigenvalue weighted by Gasteiger charge is 2.51. The molecule has 27 heavy (non-hydrogen) atoms. The summed E-state index contributed by atoms with van der Waals surface area (Å²) in [5.41, 5.74) is 5.85. The fourth-order valence-corrected chi connectivity index (χ4v) is 6.80. The van der Waals surface area contributed by atoms with Gasteiger partial charge < -0.3 is 15.8 Å². The van der Waals surface area contributed by atoms with E-state index in [9.17, 15) is 18.0 Å². The fourth-order valence-electron chi connectivity index (χ4n) is 4.40. The highest BCUT2D eigenvalue weighted by Crippen LogP contribution is 2.45. The summed E-state index contributed by atoms with van der Waals surface area (Å²) in [6.07, 6.45) is 3.95. The first-order valence-corrected chi connectivity index (χ1v) is 10.7. The van der Waals surface area contributed by atoms with Gasteiger partial charge in [0.2, 0.25) is 15.9 Å². The number of fused-ring (bicyclic) bond motifs is 2. The average Bonchev–Trinajstić information content (AvgIpc) is 3.01. The van der Waals surface area contributed by atoms with Crippen LogP contribution in [0.2, 0.25) is 5.02 Å². The van der Waals surface area contributed by atoms with Gasteiger partial charge in [0.15, 0.2) is 6.61 Å². The van der Waals surface area contributed by atoms with Crippen molar-refractivity contribution in [1.82, 2.24) is 4.31 Å². The zero-order valence-corrected chi connectivity index (χ0v) is 16.1. The van der Waals surface area contributed by atoms with Gasteiger partial charge in [-0.3, -0.25) is 9.59 Å². The third-order valence-electron chi connectivity index (χ3n) is 5.58. The van der Waals surface area contributed by atoms with E-state index in [-0.39, 0.29) is 40.1 Å². The molecule has 4 rings (SSSR count). The largest absolute Gasteiger partial charge is 0.482 e. The Hall–Kier alpha value is -1.84. The minimum absolute atomic E-state index is 0.0398. The summed E-state index contributed by atoms with van der Waals surface area (Å²) in [5.74, 6) is -0.635. The fraction of sp³-hybridized carbons (Fsp3) is 0.529. The van der Waals surface area contributed by atoms with Crippen molar-refractivity contribution in [2.45, 2.75) is 49.1 Å². The number of benzene rings is 1. The average molecular weight is 414 g/mol. The van der Waals surface area contributed by atoms with E-state index in [1.165, 1.54) is 16.4 Å². The van der Waals surface area contributed by atoms with Crippen molar-refractivity contribution < 1.29 is 22.7 Å². The number of primary amides is 1. The predicted octanol–water partition coefficient (Wildman–Crippen LogP) is 1.48. The molecule has 0 spiro atoms. The number of hydrogen-bond acceptors (Lipinski definition) is 5. The van der Waals surface area contributed by atoms with Gasteiger partial charge in [0.1, 0.15) is 16.7 Å². The molecule has 0 bridgehead atoms. The molecule has 0 aromatic heterocycles. The highest BCUT2D eigenvalue weighted by molar-refractivity contribution is 7.89. The van der Waals surface area contributed by atoms with Crippen LogP contribution in [0.15, 0.2) is 17.0 Å². The Morgan fingerprint density at radius 1 is 1.30 bits per heavy atom. The maximum Gasteiger partial charge on any atom is 0.262 e. The second-order valence-corrected chi connectivity index (χ2v) is 9.44. The van der Waals surface area contributed by atoms with Gasteiger partial charge in [-0.15, -0.1) is 0 Å². The van der Waals surface area contributed by atoms with E-state index in [2.05, 4.69) is 5.32 Å². The van der Waals surface area contributed by atoms with Crippen molar-refractivity contribution in [3.05, 3.63) is 17.2 Å². The quantitative estimate of drug-likeness (QED) is 0.777. The van der Waals surface area contributed by atoms with Gasteiger partial charge in [0.25, 0.3) is 5.91 Å². The molecular weight excluding hydrogens is 394 g/mol. The Bertz CT molecular complexity index is 919. The Morgan fingerprint density at radius 2 is 2.04 bits per heavy atom. The third kappa shape index (κ3) is 3.07. The molecule has 10 heteroatoms. The molecule has 1 aromatic carbocycles. The van der Waals surface area contributed by atoms with Gasteiger partial charge in [0.05, 0.1) is 10.7 Å². The summed E-state index contributed by atoms with van der Waals surface area (Å²) in [5, 5.41) is 2.55. The van der Waals surface area contributed by atoms with Crippen molar-refractivity contribution in [1.29, 1.82) is 0 Å². The van der Waals surface area contributed by atoms with E-state index in [1.807, 2.05) is 0 Å². The number of hydrogen-bond donors (Lipinski definition) is 2. The number of nitrogens with two attached hydrogens (primary N) is 1. The molecule has 2 aliphatic heterocycles. The van der Waals surface area contributed by atoms with Crippen LogP contribution in [0.4, 0.5) is 5.69 Å². The van der Waals surface area contributed by atoms with Gasteiger partial charge >= 0.3 is 0 Å². The summed E-state index contributed by atoms with van der Waals surface area (Å²) in [4.78, 5) is 23.3. The molecule has 1 saturated carbocycles. The van der Waals surface area contributed by atoms with Gasteiger partial charge in [-0.2, -0.15) is 4.31 Å². The van der Waals surface area contributed by atoms with E-state index in [4.69, 9.17) is 22.1 Å². The Kier molecular flexibility index (Phi) is 4.56. The highest BCUT2D eigenvalue weighted by atomic mass is 35.5. The lowest BCUT2D eigenvalue weighted by Gasteiger charge is -2.32. The number of amides is 2. The zero-order valence-electron chi connectivity index (χ0n) is 14.5. The second kappa shape index (κ2) is 6.65.